The van der Waals surface area contributed by atoms with Gasteiger partial charge < -0.3 is 4.98 Å². The van der Waals surface area contributed by atoms with Gasteiger partial charge in [-0.15, -0.1) is 10.2 Å². The Morgan fingerprint density at radius 2 is 2.24 bits per heavy atom. The van der Waals surface area contributed by atoms with Crippen molar-refractivity contribution >= 4 is 28.8 Å². The summed E-state index contributed by atoms with van der Waals surface area (Å²) in [7, 11) is 0. The monoisotopic (exact) mass is 358 g/mol. The summed E-state index contributed by atoms with van der Waals surface area (Å²) in [6.45, 7) is 6.82. The van der Waals surface area contributed by atoms with Crippen molar-refractivity contribution in [2.24, 2.45) is 11.8 Å². The number of hydrogen-bond donors (Lipinski definition) is 2. The summed E-state index contributed by atoms with van der Waals surface area (Å²) < 4.78 is 5.88. The van der Waals surface area contributed by atoms with E-state index in [4.69, 9.17) is 0 Å². The van der Waals surface area contributed by atoms with Crippen molar-refractivity contribution in [1.82, 2.24) is 29.3 Å². The van der Waals surface area contributed by atoms with E-state index >= 15 is 0 Å². The summed E-state index contributed by atoms with van der Waals surface area (Å²) in [5, 5.41) is 8.96. The minimum Gasteiger partial charge on any atom is -0.345 e. The molecular weight excluding hydrogens is 332 g/mol. The van der Waals surface area contributed by atoms with Gasteiger partial charge in [0.2, 0.25) is 0 Å². The van der Waals surface area contributed by atoms with E-state index in [0.29, 0.717) is 23.8 Å². The largest absolute Gasteiger partial charge is 0.345 e. The normalized spacial score (nSPS) is 24.1. The van der Waals surface area contributed by atoms with Crippen molar-refractivity contribution in [2.75, 3.05) is 5.75 Å². The van der Waals surface area contributed by atoms with E-state index in [1.807, 2.05) is 18.1 Å². The third-order valence-electron chi connectivity index (χ3n) is 5.18. The van der Waals surface area contributed by atoms with Crippen molar-refractivity contribution in [3.63, 3.8) is 0 Å². The Labute approximate surface area is 152 Å². The fraction of sp³-hybridized carbons (Fsp3) is 0.611. The van der Waals surface area contributed by atoms with Crippen LogP contribution in [0.15, 0.2) is 18.5 Å². The first-order valence-corrected chi connectivity index (χ1v) is 10.2. The van der Waals surface area contributed by atoms with Gasteiger partial charge in [0, 0.05) is 23.9 Å². The van der Waals surface area contributed by atoms with Crippen LogP contribution in [-0.2, 0) is 0 Å². The molecule has 1 aliphatic rings. The van der Waals surface area contributed by atoms with E-state index < -0.39 is 0 Å². The number of hydrogen-bond acceptors (Lipinski definition) is 5. The number of nitrogens with one attached hydrogen (secondary N) is 2. The number of aromatic amines is 1. The lowest BCUT2D eigenvalue weighted by atomic mass is 9.93. The van der Waals surface area contributed by atoms with Crippen LogP contribution in [0.2, 0.25) is 0 Å². The minimum absolute atomic E-state index is 0.442. The third kappa shape index (κ3) is 3.15. The SMILES string of the molecule is CCC1C[C@H](NSCC(C)C)CC1c1nnc2cnc3[nH]ccc3n12. The molecule has 2 unspecified atom stereocenters. The molecule has 1 fully saturated rings. The van der Waals surface area contributed by atoms with Gasteiger partial charge >= 0.3 is 0 Å². The molecule has 3 aromatic rings. The molecular formula is C18H26N6S. The number of rotatable bonds is 6. The Morgan fingerprint density at radius 1 is 1.36 bits per heavy atom. The lowest BCUT2D eigenvalue weighted by molar-refractivity contribution is 0.449. The first-order valence-electron chi connectivity index (χ1n) is 9.21. The number of fused-ring (bicyclic) bond motifs is 3. The van der Waals surface area contributed by atoms with Gasteiger partial charge in [-0.05, 0) is 30.7 Å². The van der Waals surface area contributed by atoms with Crippen LogP contribution >= 0.6 is 11.9 Å². The van der Waals surface area contributed by atoms with Crippen molar-refractivity contribution in [2.45, 2.75) is 52.0 Å². The molecule has 0 saturated heterocycles. The van der Waals surface area contributed by atoms with Gasteiger partial charge in [0.05, 0.1) is 11.7 Å². The summed E-state index contributed by atoms with van der Waals surface area (Å²) in [5.74, 6) is 4.05. The lowest BCUT2D eigenvalue weighted by Gasteiger charge is -2.16. The quantitative estimate of drug-likeness (QED) is 0.656. The summed E-state index contributed by atoms with van der Waals surface area (Å²) in [5.41, 5.74) is 2.79. The van der Waals surface area contributed by atoms with Crippen LogP contribution in [0.3, 0.4) is 0 Å². The average molecular weight is 359 g/mol. The second-order valence-corrected chi connectivity index (χ2v) is 8.35. The third-order valence-corrected chi connectivity index (χ3v) is 6.52. The predicted octanol–water partition coefficient (Wildman–Crippen LogP) is 3.77. The maximum atomic E-state index is 4.57. The van der Waals surface area contributed by atoms with Crippen molar-refractivity contribution < 1.29 is 0 Å². The highest BCUT2D eigenvalue weighted by atomic mass is 32.2. The molecule has 0 aliphatic heterocycles. The van der Waals surface area contributed by atoms with E-state index in [0.717, 1.165) is 34.8 Å². The Kier molecular flexibility index (Phi) is 4.69. The fourth-order valence-corrected chi connectivity index (χ4v) is 4.82. The van der Waals surface area contributed by atoms with Gasteiger partial charge in [-0.25, -0.2) is 4.98 Å². The van der Waals surface area contributed by atoms with Crippen LogP contribution < -0.4 is 4.72 Å². The zero-order valence-corrected chi connectivity index (χ0v) is 15.9. The highest BCUT2D eigenvalue weighted by Crippen LogP contribution is 2.41. The number of aromatic nitrogens is 5. The molecule has 1 aliphatic carbocycles. The van der Waals surface area contributed by atoms with E-state index in [9.17, 15) is 0 Å². The van der Waals surface area contributed by atoms with Gasteiger partial charge in [-0.3, -0.25) is 9.12 Å². The van der Waals surface area contributed by atoms with Gasteiger partial charge in [-0.2, -0.15) is 0 Å². The molecule has 3 atom stereocenters. The molecule has 0 spiro atoms. The molecule has 0 bridgehead atoms. The van der Waals surface area contributed by atoms with E-state index in [1.54, 1.807) is 6.20 Å². The van der Waals surface area contributed by atoms with Gasteiger partial charge in [0.1, 0.15) is 5.82 Å². The van der Waals surface area contributed by atoms with Gasteiger partial charge in [-0.1, -0.05) is 39.1 Å². The Bertz CT molecular complexity index is 854. The second-order valence-electron chi connectivity index (χ2n) is 7.49. The van der Waals surface area contributed by atoms with Crippen LogP contribution in [-0.4, -0.2) is 36.4 Å². The number of H-pyrrole nitrogens is 1. The Balaban J connectivity index is 1.62. The molecule has 4 rings (SSSR count). The molecule has 0 amide bonds. The number of nitrogens with zero attached hydrogens (tertiary/aromatic N) is 4. The fourth-order valence-electron chi connectivity index (χ4n) is 3.96. The van der Waals surface area contributed by atoms with Crippen LogP contribution in [0.1, 0.15) is 51.8 Å². The van der Waals surface area contributed by atoms with Crippen molar-refractivity contribution in [1.29, 1.82) is 0 Å². The first-order chi connectivity index (χ1) is 12.2. The van der Waals surface area contributed by atoms with Crippen molar-refractivity contribution in [3.8, 4) is 0 Å². The highest BCUT2D eigenvalue weighted by Gasteiger charge is 2.37. The van der Waals surface area contributed by atoms with Gasteiger partial charge in [0.15, 0.2) is 11.3 Å². The summed E-state index contributed by atoms with van der Waals surface area (Å²) >= 11 is 1.87. The minimum atomic E-state index is 0.442. The summed E-state index contributed by atoms with van der Waals surface area (Å²) in [6, 6.07) is 2.61. The van der Waals surface area contributed by atoms with E-state index in [-0.39, 0.29) is 0 Å². The molecule has 7 heteroatoms. The zero-order valence-electron chi connectivity index (χ0n) is 15.1. The van der Waals surface area contributed by atoms with E-state index in [2.05, 4.69) is 56.1 Å². The highest BCUT2D eigenvalue weighted by molar-refractivity contribution is 7.97. The Hall–Kier alpha value is -1.60. The summed E-state index contributed by atoms with van der Waals surface area (Å²) in [6.07, 6.45) is 7.24. The molecule has 134 valence electrons. The maximum Gasteiger partial charge on any atom is 0.179 e. The maximum absolute atomic E-state index is 4.57. The topological polar surface area (TPSA) is 70.9 Å². The molecule has 6 nitrogen and oxygen atoms in total. The molecule has 25 heavy (non-hydrogen) atoms. The zero-order chi connectivity index (χ0) is 17.4. The molecule has 2 N–H and O–H groups in total. The van der Waals surface area contributed by atoms with Crippen LogP contribution in [0, 0.1) is 11.8 Å². The smallest absolute Gasteiger partial charge is 0.179 e. The molecule has 3 heterocycles. The molecule has 0 aromatic carbocycles. The van der Waals surface area contributed by atoms with Crippen LogP contribution in [0.4, 0.5) is 0 Å². The Morgan fingerprint density at radius 3 is 3.04 bits per heavy atom. The first kappa shape index (κ1) is 16.8. The van der Waals surface area contributed by atoms with E-state index in [1.165, 1.54) is 12.8 Å². The standard InChI is InChI=1S/C18H26N6S/c1-4-12-7-13(23-25-10-11(2)3)8-14(12)18-22-21-16-9-20-17-15(24(16)18)5-6-19-17/h5-6,9,11-14,19,23H,4,7-8,10H2,1-3H3/t12?,13-,14?/m0/s1. The van der Waals surface area contributed by atoms with Gasteiger partial charge in [0.25, 0.3) is 0 Å². The second kappa shape index (κ2) is 6.96. The van der Waals surface area contributed by atoms with Crippen LogP contribution in [0.5, 0.6) is 0 Å². The van der Waals surface area contributed by atoms with Crippen LogP contribution in [0.25, 0.3) is 16.8 Å². The average Bonchev–Trinajstić information content (AvgIpc) is 3.30. The van der Waals surface area contributed by atoms with Crippen molar-refractivity contribution in [3.05, 3.63) is 24.3 Å². The predicted molar refractivity (Wildman–Crippen MR) is 103 cm³/mol. The molecule has 3 aromatic heterocycles. The summed E-state index contributed by atoms with van der Waals surface area (Å²) in [4.78, 5) is 7.61. The molecule has 1 saturated carbocycles. The molecule has 0 radical (unpaired) electrons. The lowest BCUT2D eigenvalue weighted by Crippen LogP contribution is -2.21.